The quantitative estimate of drug-likeness (QED) is 0.321. The fraction of sp³-hybridized carbons (Fsp3) is 0.643. The Morgan fingerprint density at radius 3 is 1.66 bits per heavy atom. The van der Waals surface area contributed by atoms with Crippen LogP contribution in [0.1, 0.15) is 25.7 Å². The molecule has 1 rings (SSSR count). The molecule has 0 bridgehead atoms. The van der Waals surface area contributed by atoms with Gasteiger partial charge in [0.25, 0.3) is 0 Å². The van der Waals surface area contributed by atoms with Crippen molar-refractivity contribution >= 4 is 10.1 Å². The van der Waals surface area contributed by atoms with Gasteiger partial charge in [-0.2, -0.15) is 47.9 Å². The zero-order chi connectivity index (χ0) is 23.1. The predicted molar refractivity (Wildman–Crippen MR) is 80.0 cm³/mol. The molecule has 1 N–H and O–H groups in total. The van der Waals surface area contributed by atoms with Gasteiger partial charge in [0, 0.05) is 18.8 Å². The van der Waals surface area contributed by atoms with E-state index >= 15 is 0 Å². The van der Waals surface area contributed by atoms with Gasteiger partial charge in [0.1, 0.15) is 0 Å². The third kappa shape index (κ3) is 7.60. The summed E-state index contributed by atoms with van der Waals surface area (Å²) in [6.45, 7) is 0. The standard InChI is InChI=1S/C9H10F10O3S.C5H5N/c10-5(3-1-2-4-6(11,12)13)7(14,15)8(16,17)9(18,19)23(20,21)22;1-2-4-6-5-3-1/h5H,1-4H2,(H,20,21,22);1-5H. The topological polar surface area (TPSA) is 67.3 Å². The maximum absolute atomic E-state index is 13.1. The summed E-state index contributed by atoms with van der Waals surface area (Å²) < 4.78 is 154. The Balaban J connectivity index is 0.00000110. The van der Waals surface area contributed by atoms with Crippen molar-refractivity contribution in [3.63, 3.8) is 0 Å². The molecule has 1 aromatic rings. The van der Waals surface area contributed by atoms with Crippen molar-refractivity contribution < 1.29 is 56.9 Å². The molecular formula is C14H15F10NO3S. The number of pyridine rings is 1. The number of alkyl halides is 10. The molecule has 0 radical (unpaired) electrons. The number of hydrogen-bond donors (Lipinski definition) is 1. The monoisotopic (exact) mass is 467 g/mol. The predicted octanol–water partition coefficient (Wildman–Crippen LogP) is 5.28. The minimum Gasteiger partial charge on any atom is -0.281 e. The Bertz CT molecular complexity index is 683. The Labute approximate surface area is 158 Å². The third-order valence-corrected chi connectivity index (χ3v) is 4.14. The van der Waals surface area contributed by atoms with Crippen LogP contribution in [0.25, 0.3) is 0 Å². The highest BCUT2D eigenvalue weighted by molar-refractivity contribution is 7.87. The van der Waals surface area contributed by atoms with Crippen LogP contribution < -0.4 is 0 Å². The lowest BCUT2D eigenvalue weighted by Crippen LogP contribution is -2.61. The summed E-state index contributed by atoms with van der Waals surface area (Å²) in [7, 11) is -7.00. The van der Waals surface area contributed by atoms with Crippen LogP contribution in [-0.4, -0.2) is 47.4 Å². The second-order valence-electron chi connectivity index (χ2n) is 5.54. The third-order valence-electron chi connectivity index (χ3n) is 3.24. The molecule has 0 amide bonds. The lowest BCUT2D eigenvalue weighted by atomic mass is 10.0. The Kier molecular flexibility index (Phi) is 9.35. The molecule has 0 aromatic carbocycles. The first-order chi connectivity index (χ1) is 12.9. The summed E-state index contributed by atoms with van der Waals surface area (Å²) in [5.41, 5.74) is 0. The lowest BCUT2D eigenvalue weighted by molar-refractivity contribution is -0.300. The van der Waals surface area contributed by atoms with Crippen molar-refractivity contribution in [2.45, 2.75) is 55.1 Å². The van der Waals surface area contributed by atoms with Crippen LogP contribution in [0.4, 0.5) is 43.9 Å². The average Bonchev–Trinajstić information content (AvgIpc) is 2.58. The summed E-state index contributed by atoms with van der Waals surface area (Å²) in [5.74, 6) is -13.1. The molecule has 29 heavy (non-hydrogen) atoms. The first-order valence-corrected chi connectivity index (χ1v) is 8.98. The fourth-order valence-electron chi connectivity index (χ4n) is 1.70. The SMILES string of the molecule is O=S(=O)(O)C(F)(F)C(F)(F)C(F)(F)C(F)CCCCC(F)(F)F.c1ccncc1. The normalized spacial score (nSPS) is 14.7. The van der Waals surface area contributed by atoms with E-state index in [1.165, 1.54) is 0 Å². The Morgan fingerprint density at radius 1 is 0.862 bits per heavy atom. The van der Waals surface area contributed by atoms with Gasteiger partial charge in [-0.25, -0.2) is 4.39 Å². The van der Waals surface area contributed by atoms with Crippen LogP contribution in [0.2, 0.25) is 0 Å². The molecule has 0 spiro atoms. The summed E-state index contributed by atoms with van der Waals surface area (Å²) in [5, 5.41) is -6.69. The van der Waals surface area contributed by atoms with Gasteiger partial charge in [-0.3, -0.25) is 9.54 Å². The van der Waals surface area contributed by atoms with Crippen LogP contribution in [0.15, 0.2) is 30.6 Å². The molecule has 1 atom stereocenters. The zero-order valence-electron chi connectivity index (χ0n) is 14.2. The van der Waals surface area contributed by atoms with E-state index in [2.05, 4.69) is 4.98 Å². The van der Waals surface area contributed by atoms with Gasteiger partial charge in [-0.15, -0.1) is 0 Å². The van der Waals surface area contributed by atoms with Crippen molar-refractivity contribution in [1.29, 1.82) is 0 Å². The highest BCUT2D eigenvalue weighted by Gasteiger charge is 2.79. The zero-order valence-corrected chi connectivity index (χ0v) is 15.0. The molecule has 0 saturated heterocycles. The van der Waals surface area contributed by atoms with Crippen LogP contribution in [0, 0.1) is 0 Å². The molecule has 1 heterocycles. The minimum atomic E-state index is -7.00. The Hall–Kier alpha value is -1.64. The second kappa shape index (κ2) is 9.91. The van der Waals surface area contributed by atoms with E-state index in [1.807, 2.05) is 18.2 Å². The maximum atomic E-state index is 13.1. The van der Waals surface area contributed by atoms with Gasteiger partial charge < -0.3 is 0 Å². The number of rotatable bonds is 8. The molecule has 0 aliphatic rings. The molecular weight excluding hydrogens is 452 g/mol. The van der Waals surface area contributed by atoms with Crippen molar-refractivity contribution in [3.8, 4) is 0 Å². The molecule has 4 nitrogen and oxygen atoms in total. The first kappa shape index (κ1) is 27.4. The first-order valence-electron chi connectivity index (χ1n) is 7.54. The van der Waals surface area contributed by atoms with Gasteiger partial charge >= 0.3 is 33.4 Å². The van der Waals surface area contributed by atoms with E-state index in [1.54, 1.807) is 12.4 Å². The van der Waals surface area contributed by atoms with Gasteiger partial charge in [-0.05, 0) is 31.4 Å². The molecule has 15 heteroatoms. The molecule has 1 aromatic heterocycles. The molecule has 0 aliphatic heterocycles. The number of aromatic nitrogens is 1. The summed E-state index contributed by atoms with van der Waals surface area (Å²) in [6, 6.07) is 5.72. The van der Waals surface area contributed by atoms with Crippen molar-refractivity contribution in [1.82, 2.24) is 4.98 Å². The van der Waals surface area contributed by atoms with Crippen LogP contribution in [-0.2, 0) is 10.1 Å². The second-order valence-corrected chi connectivity index (χ2v) is 7.01. The number of nitrogens with zero attached hydrogens (tertiary/aromatic N) is 1. The highest BCUT2D eigenvalue weighted by Crippen LogP contribution is 2.50. The summed E-state index contributed by atoms with van der Waals surface area (Å²) in [4.78, 5) is 3.78. The summed E-state index contributed by atoms with van der Waals surface area (Å²) in [6.07, 6.45) is -10.4. The van der Waals surface area contributed by atoms with Crippen LogP contribution in [0.3, 0.4) is 0 Å². The van der Waals surface area contributed by atoms with E-state index in [9.17, 15) is 52.3 Å². The summed E-state index contributed by atoms with van der Waals surface area (Å²) >= 11 is 0. The largest absolute Gasteiger partial charge is 0.438 e. The number of hydrogen-bond acceptors (Lipinski definition) is 3. The minimum absolute atomic E-state index is 0.930. The van der Waals surface area contributed by atoms with Crippen molar-refractivity contribution in [3.05, 3.63) is 30.6 Å². The van der Waals surface area contributed by atoms with Gasteiger partial charge in [-0.1, -0.05) is 6.07 Å². The molecule has 0 fully saturated rings. The smallest absolute Gasteiger partial charge is 0.281 e. The van der Waals surface area contributed by atoms with E-state index in [0.29, 0.717) is 0 Å². The van der Waals surface area contributed by atoms with E-state index in [0.717, 1.165) is 0 Å². The van der Waals surface area contributed by atoms with Crippen molar-refractivity contribution in [2.24, 2.45) is 0 Å². The molecule has 170 valence electrons. The maximum Gasteiger partial charge on any atom is 0.438 e. The average molecular weight is 467 g/mol. The van der Waals surface area contributed by atoms with Crippen LogP contribution >= 0.6 is 0 Å². The molecule has 0 aliphatic carbocycles. The Morgan fingerprint density at radius 2 is 1.34 bits per heavy atom. The van der Waals surface area contributed by atoms with Crippen molar-refractivity contribution in [2.75, 3.05) is 0 Å². The number of halogens is 10. The van der Waals surface area contributed by atoms with E-state index < -0.39 is 65.2 Å². The van der Waals surface area contributed by atoms with E-state index in [4.69, 9.17) is 4.55 Å². The van der Waals surface area contributed by atoms with E-state index in [-0.39, 0.29) is 0 Å². The molecule has 1 unspecified atom stereocenters. The van der Waals surface area contributed by atoms with Crippen LogP contribution in [0.5, 0.6) is 0 Å². The number of unbranched alkanes of at least 4 members (excludes halogenated alkanes) is 1. The lowest BCUT2D eigenvalue weighted by Gasteiger charge is -2.32. The van der Waals surface area contributed by atoms with Gasteiger partial charge in [0.2, 0.25) is 0 Å². The molecule has 0 saturated carbocycles. The van der Waals surface area contributed by atoms with Gasteiger partial charge in [0.15, 0.2) is 6.17 Å². The fourth-order valence-corrected chi connectivity index (χ4v) is 2.16. The van der Waals surface area contributed by atoms with Gasteiger partial charge in [0.05, 0.1) is 0 Å². The highest BCUT2D eigenvalue weighted by atomic mass is 32.2.